The van der Waals surface area contributed by atoms with E-state index in [1.165, 1.54) is 12.8 Å². The zero-order chi connectivity index (χ0) is 15.7. The molecule has 2 rings (SSSR count). The molecular formula is C16H27NO2S. The molecule has 0 bridgehead atoms. The molecule has 114 valence electrons. The van der Waals surface area contributed by atoms with E-state index >= 15 is 0 Å². The van der Waals surface area contributed by atoms with Gasteiger partial charge in [-0.1, -0.05) is 41.5 Å². The minimum Gasteiger partial charge on any atom is -0.465 e. The predicted molar refractivity (Wildman–Crippen MR) is 85.9 cm³/mol. The number of nitrogens with two attached hydrogens (primary N) is 1. The normalized spacial score (nSPS) is 15.5. The molecule has 1 heterocycles. The van der Waals surface area contributed by atoms with Crippen LogP contribution in [0.3, 0.4) is 0 Å². The molecule has 1 saturated carbocycles. The van der Waals surface area contributed by atoms with Gasteiger partial charge in [0.1, 0.15) is 0 Å². The lowest BCUT2D eigenvalue weighted by molar-refractivity contribution is 0.205. The molecule has 0 radical (unpaired) electrons. The van der Waals surface area contributed by atoms with E-state index in [0.717, 1.165) is 5.92 Å². The molecule has 0 saturated heterocycles. The summed E-state index contributed by atoms with van der Waals surface area (Å²) in [5, 5.41) is 9.62. The van der Waals surface area contributed by atoms with Crippen LogP contribution in [0.2, 0.25) is 0 Å². The van der Waals surface area contributed by atoms with Crippen molar-refractivity contribution in [2.75, 3.05) is 0 Å². The van der Waals surface area contributed by atoms with E-state index in [-0.39, 0.29) is 0 Å². The van der Waals surface area contributed by atoms with Crippen LogP contribution >= 0.6 is 11.3 Å². The summed E-state index contributed by atoms with van der Waals surface area (Å²) in [4.78, 5) is 10.4. The number of amides is 1. The fourth-order valence-electron chi connectivity index (χ4n) is 2.39. The Hall–Kier alpha value is -1.03. The predicted octanol–water partition coefficient (Wildman–Crippen LogP) is 4.84. The molecule has 1 aliphatic rings. The maximum absolute atomic E-state index is 8.78. The summed E-state index contributed by atoms with van der Waals surface area (Å²) >= 11 is 1.98. The molecule has 0 unspecified atom stereocenters. The summed E-state index contributed by atoms with van der Waals surface area (Å²) in [6.07, 6.45) is 1.48. The first-order chi connectivity index (χ1) is 8.94. The van der Waals surface area contributed by atoms with E-state index in [9.17, 15) is 0 Å². The molecule has 1 aromatic heterocycles. The first kappa shape index (κ1) is 17.0. The van der Waals surface area contributed by atoms with Gasteiger partial charge in [-0.05, 0) is 46.1 Å². The monoisotopic (exact) mass is 297 g/mol. The lowest BCUT2D eigenvalue weighted by Gasteiger charge is -2.28. The van der Waals surface area contributed by atoms with Crippen molar-refractivity contribution in [2.24, 2.45) is 5.73 Å². The SMILES string of the molecule is CC(C)(C)c1scc(C2CC2)c1C(C)(C)C.NC(=O)O. The summed E-state index contributed by atoms with van der Waals surface area (Å²) in [6.45, 7) is 14.1. The van der Waals surface area contributed by atoms with Crippen molar-refractivity contribution >= 4 is 17.4 Å². The molecule has 20 heavy (non-hydrogen) atoms. The molecule has 4 heteroatoms. The van der Waals surface area contributed by atoms with Gasteiger partial charge in [-0.15, -0.1) is 11.3 Å². The second-order valence-corrected chi connectivity index (χ2v) is 8.39. The lowest BCUT2D eigenvalue weighted by Crippen LogP contribution is -2.20. The second kappa shape index (κ2) is 5.76. The van der Waals surface area contributed by atoms with Crippen molar-refractivity contribution < 1.29 is 9.90 Å². The van der Waals surface area contributed by atoms with Crippen molar-refractivity contribution in [1.29, 1.82) is 0 Å². The van der Waals surface area contributed by atoms with Crippen LogP contribution in [0.1, 0.15) is 76.3 Å². The Balaban J connectivity index is 0.000000444. The Bertz CT molecular complexity index is 470. The van der Waals surface area contributed by atoms with Crippen molar-refractivity contribution in [3.63, 3.8) is 0 Å². The topological polar surface area (TPSA) is 63.3 Å². The maximum atomic E-state index is 8.78. The minimum absolute atomic E-state index is 0.292. The summed E-state index contributed by atoms with van der Waals surface area (Å²) in [6, 6.07) is 0. The van der Waals surface area contributed by atoms with Gasteiger partial charge in [-0.2, -0.15) is 0 Å². The summed E-state index contributed by atoms with van der Waals surface area (Å²) < 4.78 is 0. The van der Waals surface area contributed by atoms with Crippen LogP contribution in [0.5, 0.6) is 0 Å². The first-order valence-electron chi connectivity index (χ1n) is 7.05. The Labute approximate surface area is 126 Å². The van der Waals surface area contributed by atoms with Gasteiger partial charge >= 0.3 is 6.09 Å². The van der Waals surface area contributed by atoms with Crippen LogP contribution in [-0.2, 0) is 10.8 Å². The molecule has 0 aromatic carbocycles. The fourth-order valence-corrected chi connectivity index (χ4v) is 3.84. The Kier molecular flexibility index (Phi) is 4.90. The Morgan fingerprint density at radius 3 is 1.95 bits per heavy atom. The highest BCUT2D eigenvalue weighted by atomic mass is 32.1. The highest BCUT2D eigenvalue weighted by Gasteiger charge is 2.35. The number of primary amides is 1. The van der Waals surface area contributed by atoms with Crippen molar-refractivity contribution in [2.45, 2.75) is 71.1 Å². The van der Waals surface area contributed by atoms with Gasteiger partial charge in [-0.3, -0.25) is 0 Å². The van der Waals surface area contributed by atoms with E-state index in [1.54, 1.807) is 16.0 Å². The van der Waals surface area contributed by atoms with Crippen LogP contribution in [0.4, 0.5) is 4.79 Å². The minimum atomic E-state index is -1.33. The van der Waals surface area contributed by atoms with Gasteiger partial charge in [0, 0.05) is 4.88 Å². The molecule has 1 aromatic rings. The number of hydrogen-bond donors (Lipinski definition) is 2. The van der Waals surface area contributed by atoms with Gasteiger partial charge in [-0.25, -0.2) is 4.79 Å². The van der Waals surface area contributed by atoms with Gasteiger partial charge in [0.15, 0.2) is 0 Å². The molecule has 3 nitrogen and oxygen atoms in total. The molecule has 0 atom stereocenters. The third-order valence-corrected chi connectivity index (χ3v) is 4.69. The molecule has 0 spiro atoms. The smallest absolute Gasteiger partial charge is 0.402 e. The zero-order valence-electron chi connectivity index (χ0n) is 13.4. The number of rotatable bonds is 1. The van der Waals surface area contributed by atoms with Gasteiger partial charge in [0.25, 0.3) is 0 Å². The van der Waals surface area contributed by atoms with E-state index in [2.05, 4.69) is 52.7 Å². The fraction of sp³-hybridized carbons (Fsp3) is 0.688. The quantitative estimate of drug-likeness (QED) is 0.778. The maximum Gasteiger partial charge on any atom is 0.402 e. The van der Waals surface area contributed by atoms with E-state index in [1.807, 2.05) is 11.3 Å². The average molecular weight is 297 g/mol. The zero-order valence-corrected chi connectivity index (χ0v) is 14.2. The van der Waals surface area contributed by atoms with Crippen molar-refractivity contribution in [1.82, 2.24) is 0 Å². The van der Waals surface area contributed by atoms with Crippen molar-refractivity contribution in [3.8, 4) is 0 Å². The van der Waals surface area contributed by atoms with E-state index in [0.29, 0.717) is 10.8 Å². The molecule has 1 fully saturated rings. The molecule has 0 aliphatic heterocycles. The first-order valence-corrected chi connectivity index (χ1v) is 7.93. The standard InChI is InChI=1S/C15H24S.CH3NO2/c1-14(2,3)12-11(10-7-8-10)9-16-13(12)15(4,5)6;2-1(3)4/h9-10H,7-8H2,1-6H3;2H2,(H,3,4). The largest absolute Gasteiger partial charge is 0.465 e. The van der Waals surface area contributed by atoms with Crippen LogP contribution in [0.15, 0.2) is 5.38 Å². The molecular weight excluding hydrogens is 270 g/mol. The Morgan fingerprint density at radius 2 is 1.65 bits per heavy atom. The van der Waals surface area contributed by atoms with Crippen LogP contribution < -0.4 is 5.73 Å². The highest BCUT2D eigenvalue weighted by molar-refractivity contribution is 7.10. The number of carboxylic acid groups (broad SMARTS) is 1. The third kappa shape index (κ3) is 4.51. The van der Waals surface area contributed by atoms with Crippen LogP contribution in [0.25, 0.3) is 0 Å². The summed E-state index contributed by atoms with van der Waals surface area (Å²) in [5.41, 5.74) is 7.91. The van der Waals surface area contributed by atoms with E-state index in [4.69, 9.17) is 9.90 Å². The average Bonchev–Trinajstić information content (AvgIpc) is 2.92. The van der Waals surface area contributed by atoms with Crippen LogP contribution in [0, 0.1) is 0 Å². The summed E-state index contributed by atoms with van der Waals surface area (Å²) in [5.74, 6) is 0.876. The van der Waals surface area contributed by atoms with Gasteiger partial charge < -0.3 is 10.8 Å². The summed E-state index contributed by atoms with van der Waals surface area (Å²) in [7, 11) is 0. The number of thiophene rings is 1. The number of carbonyl (C=O) groups is 1. The van der Waals surface area contributed by atoms with Gasteiger partial charge in [0.05, 0.1) is 0 Å². The van der Waals surface area contributed by atoms with Gasteiger partial charge in [0.2, 0.25) is 0 Å². The second-order valence-electron chi connectivity index (χ2n) is 7.51. The highest BCUT2D eigenvalue weighted by Crippen LogP contribution is 2.49. The van der Waals surface area contributed by atoms with Crippen LogP contribution in [-0.4, -0.2) is 11.2 Å². The number of hydrogen-bond acceptors (Lipinski definition) is 2. The Morgan fingerprint density at radius 1 is 1.20 bits per heavy atom. The lowest BCUT2D eigenvalue weighted by atomic mass is 9.78. The molecule has 1 amide bonds. The van der Waals surface area contributed by atoms with E-state index < -0.39 is 6.09 Å². The molecule has 3 N–H and O–H groups in total. The van der Waals surface area contributed by atoms with Crippen molar-refractivity contribution in [3.05, 3.63) is 21.4 Å². The molecule has 1 aliphatic carbocycles. The third-order valence-electron chi connectivity index (χ3n) is 3.27.